The van der Waals surface area contributed by atoms with E-state index in [1.165, 1.54) is 4.90 Å². The van der Waals surface area contributed by atoms with Gasteiger partial charge in [-0.3, -0.25) is 9.59 Å². The van der Waals surface area contributed by atoms with Gasteiger partial charge in [0.1, 0.15) is 0 Å². The van der Waals surface area contributed by atoms with Crippen molar-refractivity contribution in [1.82, 2.24) is 9.80 Å². The predicted octanol–water partition coefficient (Wildman–Crippen LogP) is 0.473. The van der Waals surface area contributed by atoms with E-state index in [-0.39, 0.29) is 36.7 Å². The highest BCUT2D eigenvalue weighted by Crippen LogP contribution is 2.22. The Morgan fingerprint density at radius 1 is 1.56 bits per heavy atom. The zero-order chi connectivity index (χ0) is 14.1. The number of hydrogen-bond donors (Lipinski definition) is 1. The van der Waals surface area contributed by atoms with Gasteiger partial charge in [0.05, 0.1) is 11.5 Å². The lowest BCUT2D eigenvalue weighted by molar-refractivity contribution is -0.137. The molecular weight excluding hydrogens is 232 g/mol. The minimum Gasteiger partial charge on any atom is -0.389 e. The molecule has 1 rings (SSSR count). The molecule has 5 nitrogen and oxygen atoms in total. The zero-order valence-electron chi connectivity index (χ0n) is 11.9. The fourth-order valence-corrected chi connectivity index (χ4v) is 2.37. The third kappa shape index (κ3) is 3.70. The van der Waals surface area contributed by atoms with Crippen LogP contribution in [-0.2, 0) is 9.59 Å². The number of rotatable bonds is 4. The van der Waals surface area contributed by atoms with E-state index in [0.29, 0.717) is 6.54 Å². The van der Waals surface area contributed by atoms with E-state index in [1.807, 2.05) is 13.8 Å². The van der Waals surface area contributed by atoms with Crippen molar-refractivity contribution in [2.24, 2.45) is 5.92 Å². The van der Waals surface area contributed by atoms with Crippen molar-refractivity contribution in [3.8, 4) is 0 Å². The van der Waals surface area contributed by atoms with Crippen LogP contribution in [0, 0.1) is 5.92 Å². The van der Waals surface area contributed by atoms with Gasteiger partial charge < -0.3 is 14.9 Å². The van der Waals surface area contributed by atoms with Crippen LogP contribution in [0.5, 0.6) is 0 Å². The monoisotopic (exact) mass is 256 g/mol. The second-order valence-corrected chi connectivity index (χ2v) is 6.05. The number of carbonyl (C=O) groups excluding carboxylic acids is 2. The smallest absolute Gasteiger partial charge is 0.227 e. The Labute approximate surface area is 109 Å². The normalized spacial score (nSPS) is 20.7. The molecule has 5 heteroatoms. The van der Waals surface area contributed by atoms with Gasteiger partial charge >= 0.3 is 0 Å². The minimum atomic E-state index is -0.912. The van der Waals surface area contributed by atoms with Crippen molar-refractivity contribution in [2.75, 3.05) is 20.1 Å². The zero-order valence-corrected chi connectivity index (χ0v) is 11.9. The molecule has 1 aliphatic rings. The first-order chi connectivity index (χ1) is 8.11. The molecule has 0 spiro atoms. The molecule has 2 amide bonds. The molecule has 0 saturated carbocycles. The van der Waals surface area contributed by atoms with Gasteiger partial charge in [-0.25, -0.2) is 0 Å². The third-order valence-corrected chi connectivity index (χ3v) is 3.13. The van der Waals surface area contributed by atoms with Crippen molar-refractivity contribution < 1.29 is 14.7 Å². The maximum atomic E-state index is 12.2. The lowest BCUT2D eigenvalue weighted by Gasteiger charge is -2.28. The van der Waals surface area contributed by atoms with Crippen LogP contribution in [0.25, 0.3) is 0 Å². The molecule has 1 heterocycles. The number of hydrogen-bond acceptors (Lipinski definition) is 3. The van der Waals surface area contributed by atoms with Crippen LogP contribution < -0.4 is 0 Å². The Morgan fingerprint density at radius 3 is 2.50 bits per heavy atom. The molecule has 1 saturated heterocycles. The molecule has 0 aromatic heterocycles. The van der Waals surface area contributed by atoms with Crippen LogP contribution in [0.4, 0.5) is 0 Å². The van der Waals surface area contributed by atoms with E-state index in [4.69, 9.17) is 0 Å². The quantitative estimate of drug-likeness (QED) is 0.795. The Bertz CT molecular complexity index is 334. The molecule has 0 aromatic rings. The van der Waals surface area contributed by atoms with Crippen LogP contribution in [0.3, 0.4) is 0 Å². The van der Waals surface area contributed by atoms with Gasteiger partial charge in [0.15, 0.2) is 0 Å². The van der Waals surface area contributed by atoms with Crippen LogP contribution in [0.15, 0.2) is 0 Å². The summed E-state index contributed by atoms with van der Waals surface area (Å²) in [6.45, 7) is 7.99. The Kier molecular flexibility index (Phi) is 4.37. The Morgan fingerprint density at radius 2 is 2.11 bits per heavy atom. The fourth-order valence-electron chi connectivity index (χ4n) is 2.37. The number of likely N-dealkylation sites (tertiary alicyclic amines) is 1. The number of nitrogens with zero attached hydrogens (tertiary/aromatic N) is 2. The van der Waals surface area contributed by atoms with E-state index in [9.17, 15) is 14.7 Å². The molecule has 104 valence electrons. The lowest BCUT2D eigenvalue weighted by atomic mass is 10.1. The van der Waals surface area contributed by atoms with Gasteiger partial charge in [0.25, 0.3) is 0 Å². The molecule has 1 aliphatic heterocycles. The van der Waals surface area contributed by atoms with Gasteiger partial charge in [-0.1, -0.05) is 0 Å². The molecule has 1 N–H and O–H groups in total. The maximum absolute atomic E-state index is 12.2. The van der Waals surface area contributed by atoms with Crippen molar-refractivity contribution in [3.05, 3.63) is 0 Å². The van der Waals surface area contributed by atoms with Gasteiger partial charge in [0.2, 0.25) is 11.8 Å². The summed E-state index contributed by atoms with van der Waals surface area (Å²) < 4.78 is 0. The standard InChI is InChI=1S/C13H24N2O3/c1-9(2)15-7-10(6-11(15)16)12(17)14(5)8-13(3,4)18/h9-10,18H,6-8H2,1-5H3. The molecular formula is C13H24N2O3. The average Bonchev–Trinajstić information content (AvgIpc) is 2.56. The SMILES string of the molecule is CC(C)N1CC(C(=O)N(C)CC(C)(C)O)CC1=O. The maximum Gasteiger partial charge on any atom is 0.227 e. The summed E-state index contributed by atoms with van der Waals surface area (Å²) in [5, 5.41) is 9.70. The van der Waals surface area contributed by atoms with E-state index in [0.717, 1.165) is 0 Å². The summed E-state index contributed by atoms with van der Waals surface area (Å²) in [4.78, 5) is 27.2. The first-order valence-electron chi connectivity index (χ1n) is 6.38. The fraction of sp³-hybridized carbons (Fsp3) is 0.846. The molecule has 0 radical (unpaired) electrons. The van der Waals surface area contributed by atoms with Crippen LogP contribution in [-0.4, -0.2) is 58.5 Å². The van der Waals surface area contributed by atoms with Crippen LogP contribution >= 0.6 is 0 Å². The highest BCUT2D eigenvalue weighted by atomic mass is 16.3. The van der Waals surface area contributed by atoms with Crippen LogP contribution in [0.2, 0.25) is 0 Å². The summed E-state index contributed by atoms with van der Waals surface area (Å²) in [7, 11) is 1.67. The van der Waals surface area contributed by atoms with Gasteiger partial charge in [-0.2, -0.15) is 0 Å². The molecule has 0 aromatic carbocycles. The molecule has 1 unspecified atom stereocenters. The van der Waals surface area contributed by atoms with Gasteiger partial charge in [0, 0.05) is 32.6 Å². The number of carbonyl (C=O) groups is 2. The highest BCUT2D eigenvalue weighted by molar-refractivity contribution is 5.89. The molecule has 0 aliphatic carbocycles. The molecule has 1 atom stereocenters. The first kappa shape index (κ1) is 15.0. The van der Waals surface area contributed by atoms with E-state index < -0.39 is 5.60 Å². The first-order valence-corrected chi connectivity index (χ1v) is 6.38. The summed E-state index contributed by atoms with van der Waals surface area (Å²) in [5.74, 6) is -0.291. The summed E-state index contributed by atoms with van der Waals surface area (Å²) in [6, 6.07) is 0.134. The average molecular weight is 256 g/mol. The molecule has 1 fully saturated rings. The number of amides is 2. The molecule has 0 bridgehead atoms. The Hall–Kier alpha value is -1.10. The second kappa shape index (κ2) is 5.26. The van der Waals surface area contributed by atoms with Crippen LogP contribution in [0.1, 0.15) is 34.1 Å². The van der Waals surface area contributed by atoms with Crippen molar-refractivity contribution in [1.29, 1.82) is 0 Å². The largest absolute Gasteiger partial charge is 0.389 e. The van der Waals surface area contributed by atoms with E-state index in [1.54, 1.807) is 25.8 Å². The van der Waals surface area contributed by atoms with Crippen molar-refractivity contribution in [3.63, 3.8) is 0 Å². The highest BCUT2D eigenvalue weighted by Gasteiger charge is 2.37. The molecule has 18 heavy (non-hydrogen) atoms. The van der Waals surface area contributed by atoms with E-state index in [2.05, 4.69) is 0 Å². The summed E-state index contributed by atoms with van der Waals surface area (Å²) >= 11 is 0. The van der Waals surface area contributed by atoms with Crippen molar-refractivity contribution >= 4 is 11.8 Å². The van der Waals surface area contributed by atoms with Gasteiger partial charge in [-0.05, 0) is 27.7 Å². The van der Waals surface area contributed by atoms with Crippen molar-refractivity contribution in [2.45, 2.75) is 45.8 Å². The number of aliphatic hydroxyl groups is 1. The van der Waals surface area contributed by atoms with E-state index >= 15 is 0 Å². The topological polar surface area (TPSA) is 60.9 Å². The third-order valence-electron chi connectivity index (χ3n) is 3.13. The summed E-state index contributed by atoms with van der Waals surface area (Å²) in [6.07, 6.45) is 0.285. The lowest BCUT2D eigenvalue weighted by Crippen LogP contribution is -2.43. The predicted molar refractivity (Wildman–Crippen MR) is 68.9 cm³/mol. The van der Waals surface area contributed by atoms with Gasteiger partial charge in [-0.15, -0.1) is 0 Å². The Balaban J connectivity index is 2.62. The second-order valence-electron chi connectivity index (χ2n) is 6.05. The minimum absolute atomic E-state index is 0.0417. The summed E-state index contributed by atoms with van der Waals surface area (Å²) in [5.41, 5.74) is -0.912. The number of likely N-dealkylation sites (N-methyl/N-ethyl adjacent to an activating group) is 1.